The van der Waals surface area contributed by atoms with Crippen LogP contribution in [0, 0.1) is 5.41 Å². The molecule has 0 spiro atoms. The summed E-state index contributed by atoms with van der Waals surface area (Å²) in [6, 6.07) is 0. The first-order valence-corrected chi connectivity index (χ1v) is 8.16. The molecule has 1 aliphatic heterocycles. The van der Waals surface area contributed by atoms with Crippen molar-refractivity contribution in [1.29, 1.82) is 0 Å². The Labute approximate surface area is 130 Å². The van der Waals surface area contributed by atoms with E-state index in [0.29, 0.717) is 5.88 Å². The fraction of sp³-hybridized carbons (Fsp3) is 0.733. The second-order valence-electron chi connectivity index (χ2n) is 6.27. The van der Waals surface area contributed by atoms with E-state index in [0.717, 1.165) is 61.7 Å². The van der Waals surface area contributed by atoms with Gasteiger partial charge in [-0.25, -0.2) is 4.98 Å². The van der Waals surface area contributed by atoms with Crippen LogP contribution in [0.3, 0.4) is 0 Å². The van der Waals surface area contributed by atoms with E-state index < -0.39 is 0 Å². The lowest BCUT2D eigenvalue weighted by Crippen LogP contribution is -2.31. The molecule has 21 heavy (non-hydrogen) atoms. The summed E-state index contributed by atoms with van der Waals surface area (Å²) in [6.07, 6.45) is 3.04. The molecule has 3 heterocycles. The zero-order valence-electron chi connectivity index (χ0n) is 13.0. The lowest BCUT2D eigenvalue weighted by Gasteiger charge is -2.34. The molecule has 3 rings (SSSR count). The number of aryl methyl sites for hydroxylation is 2. The van der Waals surface area contributed by atoms with Crippen molar-refractivity contribution >= 4 is 22.8 Å². The third-order valence-electron chi connectivity index (χ3n) is 4.56. The second kappa shape index (κ2) is 5.61. The highest BCUT2D eigenvalue weighted by molar-refractivity contribution is 6.16. The Hall–Kier alpha value is -1.07. The summed E-state index contributed by atoms with van der Waals surface area (Å²) in [5.41, 5.74) is 3.39. The molecule has 0 amide bonds. The van der Waals surface area contributed by atoms with Crippen LogP contribution in [-0.2, 0) is 30.6 Å². The quantitative estimate of drug-likeness (QED) is 0.816. The molecule has 0 radical (unpaired) electrons. The van der Waals surface area contributed by atoms with Gasteiger partial charge in [-0.1, -0.05) is 13.8 Å². The molecular formula is C15H23ClN4O. The maximum Gasteiger partial charge on any atom is 0.158 e. The van der Waals surface area contributed by atoms with Crippen molar-refractivity contribution in [3.63, 3.8) is 0 Å². The molecule has 0 aliphatic carbocycles. The SMILES string of the molecule is CCc1nn(C)c2c1nc(CCl)n2CC1(C)CCOCC1. The number of nitrogens with zero attached hydrogens (tertiary/aromatic N) is 4. The van der Waals surface area contributed by atoms with Crippen molar-refractivity contribution in [2.24, 2.45) is 12.5 Å². The Morgan fingerprint density at radius 3 is 2.67 bits per heavy atom. The smallest absolute Gasteiger partial charge is 0.158 e. The molecule has 0 atom stereocenters. The minimum atomic E-state index is 0.239. The van der Waals surface area contributed by atoms with Gasteiger partial charge in [-0.15, -0.1) is 11.6 Å². The average molecular weight is 311 g/mol. The van der Waals surface area contributed by atoms with Crippen LogP contribution in [0.5, 0.6) is 0 Å². The summed E-state index contributed by atoms with van der Waals surface area (Å²) < 4.78 is 9.71. The number of hydrogen-bond acceptors (Lipinski definition) is 3. The zero-order chi connectivity index (χ0) is 15.0. The van der Waals surface area contributed by atoms with E-state index in [-0.39, 0.29) is 5.41 Å². The van der Waals surface area contributed by atoms with Gasteiger partial charge in [0, 0.05) is 26.8 Å². The minimum absolute atomic E-state index is 0.239. The van der Waals surface area contributed by atoms with E-state index in [1.54, 1.807) is 0 Å². The molecule has 2 aromatic heterocycles. The maximum atomic E-state index is 6.13. The fourth-order valence-corrected chi connectivity index (χ4v) is 3.40. The highest BCUT2D eigenvalue weighted by Gasteiger charge is 2.30. The third kappa shape index (κ3) is 2.57. The van der Waals surface area contributed by atoms with E-state index in [2.05, 4.69) is 23.5 Å². The first-order valence-electron chi connectivity index (χ1n) is 7.62. The van der Waals surface area contributed by atoms with Gasteiger partial charge in [-0.05, 0) is 24.7 Å². The Morgan fingerprint density at radius 1 is 1.33 bits per heavy atom. The van der Waals surface area contributed by atoms with E-state index in [9.17, 15) is 0 Å². The molecule has 0 aromatic carbocycles. The van der Waals surface area contributed by atoms with Gasteiger partial charge in [0.05, 0.1) is 11.6 Å². The number of aromatic nitrogens is 4. The number of imidazole rings is 1. The van der Waals surface area contributed by atoms with Gasteiger partial charge >= 0.3 is 0 Å². The summed E-state index contributed by atoms with van der Waals surface area (Å²) in [5.74, 6) is 1.38. The van der Waals surface area contributed by atoms with Crippen molar-refractivity contribution in [2.75, 3.05) is 13.2 Å². The third-order valence-corrected chi connectivity index (χ3v) is 4.80. The Balaban J connectivity index is 2.05. The molecule has 1 saturated heterocycles. The number of rotatable bonds is 4. The van der Waals surface area contributed by atoms with Crippen LogP contribution in [0.4, 0.5) is 0 Å². The lowest BCUT2D eigenvalue weighted by atomic mass is 9.82. The van der Waals surface area contributed by atoms with Crippen LogP contribution in [0.15, 0.2) is 0 Å². The number of fused-ring (bicyclic) bond motifs is 1. The largest absolute Gasteiger partial charge is 0.381 e. The van der Waals surface area contributed by atoms with Gasteiger partial charge in [-0.2, -0.15) is 5.10 Å². The Kier molecular flexibility index (Phi) is 3.97. The standard InChI is InChI=1S/C15H23ClN4O/c1-4-11-13-14(19(3)18-11)20(12(9-16)17-13)10-15(2)5-7-21-8-6-15/h4-10H2,1-3H3. The molecule has 116 valence electrons. The van der Waals surface area contributed by atoms with Crippen LogP contribution in [0.25, 0.3) is 11.2 Å². The topological polar surface area (TPSA) is 44.9 Å². The van der Waals surface area contributed by atoms with Gasteiger partial charge in [0.1, 0.15) is 11.3 Å². The first kappa shape index (κ1) is 14.9. The summed E-state index contributed by atoms with van der Waals surface area (Å²) in [4.78, 5) is 4.74. The average Bonchev–Trinajstić information content (AvgIpc) is 2.97. The predicted molar refractivity (Wildman–Crippen MR) is 83.6 cm³/mol. The Morgan fingerprint density at radius 2 is 2.05 bits per heavy atom. The van der Waals surface area contributed by atoms with Crippen molar-refractivity contribution in [3.8, 4) is 0 Å². The van der Waals surface area contributed by atoms with E-state index in [1.807, 2.05) is 11.7 Å². The molecule has 5 nitrogen and oxygen atoms in total. The van der Waals surface area contributed by atoms with Crippen molar-refractivity contribution in [2.45, 2.75) is 45.5 Å². The maximum absolute atomic E-state index is 6.13. The predicted octanol–water partition coefficient (Wildman–Crippen LogP) is 2.89. The van der Waals surface area contributed by atoms with Crippen LogP contribution in [0.1, 0.15) is 38.2 Å². The van der Waals surface area contributed by atoms with Crippen LogP contribution in [0.2, 0.25) is 0 Å². The molecule has 2 aromatic rings. The molecule has 0 saturated carbocycles. The number of halogens is 1. The van der Waals surface area contributed by atoms with Gasteiger partial charge in [0.25, 0.3) is 0 Å². The summed E-state index contributed by atoms with van der Waals surface area (Å²) in [5, 5.41) is 4.59. The van der Waals surface area contributed by atoms with Gasteiger partial charge in [-0.3, -0.25) is 4.68 Å². The van der Waals surface area contributed by atoms with E-state index in [4.69, 9.17) is 21.3 Å². The number of alkyl halides is 1. The molecule has 1 fully saturated rings. The molecular weight excluding hydrogens is 288 g/mol. The number of ether oxygens (including phenoxy) is 1. The van der Waals surface area contributed by atoms with Crippen LogP contribution < -0.4 is 0 Å². The van der Waals surface area contributed by atoms with Gasteiger partial charge < -0.3 is 9.30 Å². The Bertz CT molecular complexity index is 640. The van der Waals surface area contributed by atoms with E-state index in [1.165, 1.54) is 0 Å². The molecule has 6 heteroatoms. The zero-order valence-corrected chi connectivity index (χ0v) is 13.8. The van der Waals surface area contributed by atoms with Crippen molar-refractivity contribution < 1.29 is 4.74 Å². The van der Waals surface area contributed by atoms with E-state index >= 15 is 0 Å². The molecule has 0 N–H and O–H groups in total. The molecule has 0 bridgehead atoms. The highest BCUT2D eigenvalue weighted by atomic mass is 35.5. The van der Waals surface area contributed by atoms with Gasteiger partial charge in [0.2, 0.25) is 0 Å². The second-order valence-corrected chi connectivity index (χ2v) is 6.53. The lowest BCUT2D eigenvalue weighted by molar-refractivity contribution is 0.0156. The number of hydrogen-bond donors (Lipinski definition) is 0. The first-order chi connectivity index (χ1) is 10.1. The molecule has 1 aliphatic rings. The fourth-order valence-electron chi connectivity index (χ4n) is 3.20. The van der Waals surface area contributed by atoms with Gasteiger partial charge in [0.15, 0.2) is 5.65 Å². The van der Waals surface area contributed by atoms with Crippen LogP contribution >= 0.6 is 11.6 Å². The minimum Gasteiger partial charge on any atom is -0.381 e. The summed E-state index contributed by atoms with van der Waals surface area (Å²) in [7, 11) is 1.99. The van der Waals surface area contributed by atoms with Crippen LogP contribution in [-0.4, -0.2) is 32.5 Å². The summed E-state index contributed by atoms with van der Waals surface area (Å²) >= 11 is 6.13. The highest BCUT2D eigenvalue weighted by Crippen LogP contribution is 2.34. The normalized spacial score (nSPS) is 18.5. The molecule has 0 unspecified atom stereocenters. The summed E-state index contributed by atoms with van der Waals surface area (Å²) in [6.45, 7) is 7.06. The van der Waals surface area contributed by atoms with Crippen molar-refractivity contribution in [1.82, 2.24) is 19.3 Å². The van der Waals surface area contributed by atoms with Crippen molar-refractivity contribution in [3.05, 3.63) is 11.5 Å². The monoisotopic (exact) mass is 310 g/mol.